The lowest BCUT2D eigenvalue weighted by Crippen LogP contribution is -2.01. The average molecular weight is 188 g/mol. The minimum atomic E-state index is 0.420. The molecule has 4 heteroatoms. The molecular weight excluding hydrogens is 176 g/mol. The van der Waals surface area contributed by atoms with Crippen LogP contribution in [0.5, 0.6) is 0 Å². The Balaban J connectivity index is 2.98. The Morgan fingerprint density at radius 1 is 0.714 bits per heavy atom. The molecule has 0 aromatic heterocycles. The van der Waals surface area contributed by atoms with Gasteiger partial charge in [0.25, 0.3) is 0 Å². The second kappa shape index (κ2) is 2.70. The molecule has 2 aromatic carbocycles. The molecule has 0 aliphatic carbocycles. The molecule has 0 saturated carbocycles. The van der Waals surface area contributed by atoms with E-state index >= 15 is 0 Å². The molecule has 0 spiro atoms. The van der Waals surface area contributed by atoms with Crippen molar-refractivity contribution < 1.29 is 0 Å². The summed E-state index contributed by atoms with van der Waals surface area (Å²) in [6.07, 6.45) is 0. The van der Waals surface area contributed by atoms with Crippen LogP contribution in [0.3, 0.4) is 0 Å². The van der Waals surface area contributed by atoms with Gasteiger partial charge in [0.05, 0.1) is 17.1 Å². The highest BCUT2D eigenvalue weighted by Crippen LogP contribution is 2.34. The fraction of sp³-hybridized carbons (Fsp3) is 0. The minimum Gasteiger partial charge on any atom is -0.398 e. The van der Waals surface area contributed by atoms with Crippen molar-refractivity contribution >= 4 is 33.5 Å². The van der Waals surface area contributed by atoms with Crippen molar-refractivity contribution in [2.45, 2.75) is 0 Å². The topological polar surface area (TPSA) is 104 Å². The van der Waals surface area contributed by atoms with E-state index in [4.69, 9.17) is 22.9 Å². The van der Waals surface area contributed by atoms with Crippen LogP contribution in [0.4, 0.5) is 22.7 Å². The number of rotatable bonds is 0. The summed E-state index contributed by atoms with van der Waals surface area (Å²) in [7, 11) is 0. The lowest BCUT2D eigenvalue weighted by molar-refractivity contribution is 1.68. The molecule has 4 nitrogen and oxygen atoms in total. The zero-order valence-electron chi connectivity index (χ0n) is 7.62. The fourth-order valence-corrected chi connectivity index (χ4v) is 1.51. The van der Waals surface area contributed by atoms with Gasteiger partial charge in [-0.2, -0.15) is 0 Å². The lowest BCUT2D eigenvalue weighted by atomic mass is 10.0. The van der Waals surface area contributed by atoms with E-state index in [0.29, 0.717) is 22.7 Å². The number of anilines is 4. The van der Waals surface area contributed by atoms with Gasteiger partial charge in [0, 0.05) is 16.5 Å². The van der Waals surface area contributed by atoms with Gasteiger partial charge in [-0.25, -0.2) is 0 Å². The van der Waals surface area contributed by atoms with Crippen LogP contribution in [-0.2, 0) is 0 Å². The summed E-state index contributed by atoms with van der Waals surface area (Å²) in [5.74, 6) is 0. The molecule has 0 aliphatic rings. The molecule has 14 heavy (non-hydrogen) atoms. The molecule has 0 saturated heterocycles. The summed E-state index contributed by atoms with van der Waals surface area (Å²) < 4.78 is 0. The highest BCUT2D eigenvalue weighted by atomic mass is 14.7. The van der Waals surface area contributed by atoms with Crippen LogP contribution in [0.2, 0.25) is 0 Å². The smallest absolute Gasteiger partial charge is 0.0787 e. The molecule has 0 radical (unpaired) electrons. The van der Waals surface area contributed by atoms with Gasteiger partial charge in [0.15, 0.2) is 0 Å². The van der Waals surface area contributed by atoms with Crippen LogP contribution >= 0.6 is 0 Å². The highest BCUT2D eigenvalue weighted by molar-refractivity contribution is 6.07. The van der Waals surface area contributed by atoms with Gasteiger partial charge in [-0.05, 0) is 12.1 Å². The van der Waals surface area contributed by atoms with Crippen LogP contribution in [0, 0.1) is 0 Å². The first kappa shape index (κ1) is 8.50. The number of hydrogen-bond acceptors (Lipinski definition) is 4. The van der Waals surface area contributed by atoms with E-state index in [1.165, 1.54) is 0 Å². The molecule has 0 heterocycles. The second-order valence-electron chi connectivity index (χ2n) is 3.24. The first-order chi connectivity index (χ1) is 6.61. The number of nitrogens with two attached hydrogens (primary N) is 4. The molecule has 0 bridgehead atoms. The normalized spacial score (nSPS) is 10.6. The third-order valence-corrected chi connectivity index (χ3v) is 2.33. The summed E-state index contributed by atoms with van der Waals surface area (Å²) in [5, 5.41) is 1.69. The van der Waals surface area contributed by atoms with Crippen molar-refractivity contribution in [1.29, 1.82) is 0 Å². The standard InChI is InChI=1S/C10H12N4/c11-7-3-1-2-5-6(7)4-8(12)10(14)9(5)13/h1-4H,11-14H2. The average Bonchev–Trinajstić information content (AvgIpc) is 2.17. The monoisotopic (exact) mass is 188 g/mol. The predicted molar refractivity (Wildman–Crippen MR) is 61.6 cm³/mol. The maximum atomic E-state index is 5.83. The Kier molecular flexibility index (Phi) is 1.64. The van der Waals surface area contributed by atoms with Crippen LogP contribution in [-0.4, -0.2) is 0 Å². The van der Waals surface area contributed by atoms with Crippen LogP contribution in [0.1, 0.15) is 0 Å². The second-order valence-corrected chi connectivity index (χ2v) is 3.24. The van der Waals surface area contributed by atoms with Gasteiger partial charge in [-0.3, -0.25) is 0 Å². The van der Waals surface area contributed by atoms with Crippen LogP contribution in [0.15, 0.2) is 24.3 Å². The predicted octanol–water partition coefficient (Wildman–Crippen LogP) is 1.17. The number of hydrogen-bond donors (Lipinski definition) is 4. The van der Waals surface area contributed by atoms with Crippen molar-refractivity contribution in [3.63, 3.8) is 0 Å². The molecule has 0 atom stereocenters. The van der Waals surface area contributed by atoms with E-state index in [1.807, 2.05) is 12.1 Å². The summed E-state index contributed by atoms with van der Waals surface area (Å²) in [6.45, 7) is 0. The van der Waals surface area contributed by atoms with Crippen molar-refractivity contribution in [2.24, 2.45) is 0 Å². The number of fused-ring (bicyclic) bond motifs is 1. The van der Waals surface area contributed by atoms with Crippen molar-refractivity contribution in [3.8, 4) is 0 Å². The molecule has 0 aliphatic heterocycles. The van der Waals surface area contributed by atoms with E-state index in [1.54, 1.807) is 12.1 Å². The molecular formula is C10H12N4. The maximum Gasteiger partial charge on any atom is 0.0787 e. The molecule has 72 valence electrons. The minimum absolute atomic E-state index is 0.420. The number of nitrogen functional groups attached to an aromatic ring is 4. The SMILES string of the molecule is Nc1cc2c(N)cccc2c(N)c1N. The third-order valence-electron chi connectivity index (χ3n) is 2.33. The molecule has 0 fully saturated rings. The first-order valence-corrected chi connectivity index (χ1v) is 4.23. The van der Waals surface area contributed by atoms with Crippen LogP contribution in [0.25, 0.3) is 10.8 Å². The Bertz CT molecular complexity index is 505. The maximum absolute atomic E-state index is 5.83. The largest absolute Gasteiger partial charge is 0.398 e. The summed E-state index contributed by atoms with van der Waals surface area (Å²) in [6, 6.07) is 7.26. The molecule has 0 unspecified atom stereocenters. The number of benzene rings is 2. The van der Waals surface area contributed by atoms with Gasteiger partial charge >= 0.3 is 0 Å². The highest BCUT2D eigenvalue weighted by Gasteiger charge is 2.07. The first-order valence-electron chi connectivity index (χ1n) is 4.23. The zero-order chi connectivity index (χ0) is 10.3. The lowest BCUT2D eigenvalue weighted by Gasteiger charge is -2.09. The van der Waals surface area contributed by atoms with E-state index in [0.717, 1.165) is 10.8 Å². The van der Waals surface area contributed by atoms with E-state index in [9.17, 15) is 0 Å². The molecule has 8 N–H and O–H groups in total. The van der Waals surface area contributed by atoms with Gasteiger partial charge in [0.2, 0.25) is 0 Å². The fourth-order valence-electron chi connectivity index (χ4n) is 1.51. The van der Waals surface area contributed by atoms with Crippen molar-refractivity contribution in [3.05, 3.63) is 24.3 Å². The van der Waals surface area contributed by atoms with Crippen molar-refractivity contribution in [1.82, 2.24) is 0 Å². The van der Waals surface area contributed by atoms with Crippen LogP contribution < -0.4 is 22.9 Å². The molecule has 0 amide bonds. The summed E-state index contributed by atoms with van der Waals surface area (Å²) >= 11 is 0. The summed E-state index contributed by atoms with van der Waals surface area (Å²) in [5.41, 5.74) is 25.1. The Labute approximate surface area is 81.5 Å². The van der Waals surface area contributed by atoms with E-state index in [-0.39, 0.29) is 0 Å². The quantitative estimate of drug-likeness (QED) is 0.466. The summed E-state index contributed by atoms with van der Waals surface area (Å²) in [4.78, 5) is 0. The third kappa shape index (κ3) is 1.01. The Morgan fingerprint density at radius 3 is 2.14 bits per heavy atom. The van der Waals surface area contributed by atoms with Crippen molar-refractivity contribution in [2.75, 3.05) is 22.9 Å². The van der Waals surface area contributed by atoms with Gasteiger partial charge < -0.3 is 22.9 Å². The van der Waals surface area contributed by atoms with E-state index in [2.05, 4.69) is 0 Å². The Hall–Kier alpha value is -2.10. The van der Waals surface area contributed by atoms with Gasteiger partial charge in [-0.1, -0.05) is 12.1 Å². The van der Waals surface area contributed by atoms with Gasteiger partial charge in [-0.15, -0.1) is 0 Å². The van der Waals surface area contributed by atoms with Gasteiger partial charge in [0.1, 0.15) is 0 Å². The van der Waals surface area contributed by atoms with E-state index < -0.39 is 0 Å². The molecule has 2 aromatic rings. The molecule has 2 rings (SSSR count). The Morgan fingerprint density at radius 2 is 1.43 bits per heavy atom. The zero-order valence-corrected chi connectivity index (χ0v) is 7.62.